The van der Waals surface area contributed by atoms with E-state index in [4.69, 9.17) is 4.98 Å². The minimum Gasteiger partial charge on any atom is -0.360 e. The van der Waals surface area contributed by atoms with Crippen molar-refractivity contribution in [1.82, 2.24) is 23.7 Å². The van der Waals surface area contributed by atoms with E-state index in [2.05, 4.69) is 11.1 Å². The Kier molecular flexibility index (Phi) is 4.29. The second-order valence-corrected chi connectivity index (χ2v) is 8.64. The molecule has 0 atom stereocenters. The van der Waals surface area contributed by atoms with Crippen molar-refractivity contribution >= 4 is 33.0 Å². The van der Waals surface area contributed by atoms with Crippen molar-refractivity contribution in [2.45, 2.75) is 13.3 Å². The number of imidazole rings is 2. The van der Waals surface area contributed by atoms with Crippen molar-refractivity contribution in [2.24, 2.45) is 14.1 Å². The van der Waals surface area contributed by atoms with E-state index < -0.39 is 6.43 Å². The van der Waals surface area contributed by atoms with Crippen LogP contribution in [-0.4, -0.2) is 23.7 Å². The molecule has 6 rings (SSSR count). The van der Waals surface area contributed by atoms with Crippen LogP contribution >= 0.6 is 0 Å². The lowest BCUT2D eigenvalue weighted by atomic mass is 10.1. The monoisotopic (exact) mass is 457 g/mol. The van der Waals surface area contributed by atoms with Gasteiger partial charge in [-0.3, -0.25) is 13.7 Å². The Balaban J connectivity index is 1.70. The third-order valence-electron chi connectivity index (χ3n) is 6.52. The third kappa shape index (κ3) is 2.84. The van der Waals surface area contributed by atoms with Crippen LogP contribution < -0.4 is 5.69 Å². The van der Waals surface area contributed by atoms with Crippen LogP contribution in [0.5, 0.6) is 0 Å². The number of aromatic nitrogens is 5. The van der Waals surface area contributed by atoms with Gasteiger partial charge >= 0.3 is 5.69 Å². The number of H-pyrrole nitrogens is 1. The van der Waals surface area contributed by atoms with Crippen LogP contribution in [0, 0.1) is 6.92 Å². The van der Waals surface area contributed by atoms with Crippen molar-refractivity contribution < 1.29 is 8.78 Å². The Hall–Kier alpha value is -4.20. The molecule has 1 N–H and O–H groups in total. The summed E-state index contributed by atoms with van der Waals surface area (Å²) in [5, 5.41) is 0.990. The number of fused-ring (bicyclic) bond motifs is 3. The van der Waals surface area contributed by atoms with E-state index in [1.807, 2.05) is 48.0 Å². The smallest absolute Gasteiger partial charge is 0.328 e. The van der Waals surface area contributed by atoms with Gasteiger partial charge in [0.2, 0.25) is 0 Å². The Morgan fingerprint density at radius 3 is 2.50 bits per heavy atom. The molecule has 0 bridgehead atoms. The van der Waals surface area contributed by atoms with Gasteiger partial charge in [-0.1, -0.05) is 18.2 Å². The molecule has 34 heavy (non-hydrogen) atoms. The number of alkyl halides is 2. The standard InChI is InChI=1S/C26H21F2N5O/c1-14-4-7-17-18(13-29-20(17)10-14)25-30-19-8-5-15(24(27)28)11-22(19)33(25)16-6-9-21-23(12-16)32(3)26(34)31(21)2/h4-13,24,29H,1-3H3. The summed E-state index contributed by atoms with van der Waals surface area (Å²) in [7, 11) is 3.45. The van der Waals surface area contributed by atoms with Gasteiger partial charge in [0.1, 0.15) is 5.82 Å². The molecule has 170 valence electrons. The van der Waals surface area contributed by atoms with Crippen LogP contribution in [0.15, 0.2) is 65.6 Å². The molecule has 0 saturated carbocycles. The van der Waals surface area contributed by atoms with E-state index in [1.54, 1.807) is 29.3 Å². The van der Waals surface area contributed by atoms with E-state index in [0.29, 0.717) is 16.9 Å². The van der Waals surface area contributed by atoms with Gasteiger partial charge in [0.25, 0.3) is 6.43 Å². The van der Waals surface area contributed by atoms with Gasteiger partial charge in [0.05, 0.1) is 22.1 Å². The van der Waals surface area contributed by atoms with E-state index in [9.17, 15) is 13.6 Å². The zero-order valence-corrected chi connectivity index (χ0v) is 18.8. The van der Waals surface area contributed by atoms with Gasteiger partial charge in [0.15, 0.2) is 0 Å². The Labute approximate surface area is 192 Å². The highest BCUT2D eigenvalue weighted by Crippen LogP contribution is 2.35. The summed E-state index contributed by atoms with van der Waals surface area (Å²) in [6, 6.07) is 16.3. The summed E-state index contributed by atoms with van der Waals surface area (Å²) < 4.78 is 32.2. The van der Waals surface area contributed by atoms with Crippen molar-refractivity contribution in [1.29, 1.82) is 0 Å². The highest BCUT2D eigenvalue weighted by Gasteiger charge is 2.20. The van der Waals surface area contributed by atoms with Gasteiger partial charge < -0.3 is 4.98 Å². The maximum atomic E-state index is 13.6. The number of halogens is 2. The Morgan fingerprint density at radius 1 is 0.912 bits per heavy atom. The zero-order valence-electron chi connectivity index (χ0n) is 18.8. The molecule has 3 aromatic heterocycles. The molecule has 0 fully saturated rings. The lowest BCUT2D eigenvalue weighted by Crippen LogP contribution is -2.19. The second kappa shape index (κ2) is 7.15. The van der Waals surface area contributed by atoms with Gasteiger partial charge in [-0.05, 0) is 48.9 Å². The number of benzene rings is 3. The van der Waals surface area contributed by atoms with Gasteiger partial charge in [-0.25, -0.2) is 18.6 Å². The fourth-order valence-corrected chi connectivity index (χ4v) is 4.73. The van der Waals surface area contributed by atoms with E-state index in [0.717, 1.165) is 38.8 Å². The van der Waals surface area contributed by atoms with Crippen LogP contribution in [0.4, 0.5) is 8.78 Å². The average Bonchev–Trinajstić information content (AvgIpc) is 3.47. The summed E-state index contributed by atoms with van der Waals surface area (Å²) >= 11 is 0. The average molecular weight is 457 g/mol. The van der Waals surface area contributed by atoms with Crippen LogP contribution in [-0.2, 0) is 14.1 Å². The number of aromatic amines is 1. The van der Waals surface area contributed by atoms with E-state index in [-0.39, 0.29) is 11.3 Å². The number of hydrogen-bond acceptors (Lipinski definition) is 2. The van der Waals surface area contributed by atoms with Crippen molar-refractivity contribution in [2.75, 3.05) is 0 Å². The first-order valence-electron chi connectivity index (χ1n) is 10.9. The van der Waals surface area contributed by atoms with Crippen LogP contribution in [0.3, 0.4) is 0 Å². The summed E-state index contributed by atoms with van der Waals surface area (Å²) in [5.74, 6) is 0.636. The first kappa shape index (κ1) is 20.4. The molecule has 0 aliphatic carbocycles. The second-order valence-electron chi connectivity index (χ2n) is 8.64. The lowest BCUT2D eigenvalue weighted by molar-refractivity contribution is 0.151. The third-order valence-corrected chi connectivity index (χ3v) is 6.52. The zero-order chi connectivity index (χ0) is 23.7. The normalized spacial score (nSPS) is 12.1. The van der Waals surface area contributed by atoms with Crippen molar-refractivity contribution in [3.8, 4) is 17.1 Å². The van der Waals surface area contributed by atoms with Gasteiger partial charge in [-0.15, -0.1) is 0 Å². The van der Waals surface area contributed by atoms with Gasteiger partial charge in [-0.2, -0.15) is 0 Å². The van der Waals surface area contributed by atoms with Crippen LogP contribution in [0.1, 0.15) is 17.6 Å². The maximum Gasteiger partial charge on any atom is 0.328 e. The number of hydrogen-bond donors (Lipinski definition) is 1. The first-order valence-corrected chi connectivity index (χ1v) is 10.9. The Morgan fingerprint density at radius 2 is 1.71 bits per heavy atom. The molecule has 6 aromatic rings. The lowest BCUT2D eigenvalue weighted by Gasteiger charge is -2.11. The number of aryl methyl sites for hydroxylation is 3. The Bertz CT molecular complexity index is 1800. The molecule has 3 heterocycles. The minimum atomic E-state index is -2.59. The van der Waals surface area contributed by atoms with Gasteiger partial charge in [0, 0.05) is 48.0 Å². The highest BCUT2D eigenvalue weighted by molar-refractivity contribution is 5.97. The number of nitrogens with zero attached hydrogens (tertiary/aromatic N) is 4. The van der Waals surface area contributed by atoms with Crippen molar-refractivity contribution in [3.63, 3.8) is 0 Å². The molecule has 8 heteroatoms. The highest BCUT2D eigenvalue weighted by atomic mass is 19.3. The molecule has 3 aromatic carbocycles. The first-order chi connectivity index (χ1) is 16.3. The van der Waals surface area contributed by atoms with Crippen LogP contribution in [0.25, 0.3) is 50.0 Å². The SMILES string of the molecule is Cc1ccc2c(-c3nc4ccc(C(F)F)cc4n3-c3ccc4c(c3)n(C)c(=O)n4C)c[nH]c2c1. The quantitative estimate of drug-likeness (QED) is 0.376. The van der Waals surface area contributed by atoms with E-state index in [1.165, 1.54) is 12.1 Å². The molecule has 0 spiro atoms. The summed E-state index contributed by atoms with van der Waals surface area (Å²) in [5.41, 5.74) is 6.24. The number of rotatable bonds is 3. The molecule has 0 unspecified atom stereocenters. The fraction of sp³-hybridized carbons (Fsp3) is 0.154. The molecule has 6 nitrogen and oxygen atoms in total. The minimum absolute atomic E-state index is 0.0667. The molecular formula is C26H21F2N5O. The molecule has 0 aliphatic heterocycles. The molecule has 0 radical (unpaired) electrons. The largest absolute Gasteiger partial charge is 0.360 e. The molecule has 0 aliphatic rings. The predicted octanol–water partition coefficient (Wildman–Crippen LogP) is 5.61. The maximum absolute atomic E-state index is 13.6. The molecule has 0 amide bonds. The summed E-state index contributed by atoms with van der Waals surface area (Å²) in [6.07, 6.45) is -0.697. The summed E-state index contributed by atoms with van der Waals surface area (Å²) in [6.45, 7) is 2.03. The fourth-order valence-electron chi connectivity index (χ4n) is 4.73. The molecule has 0 saturated heterocycles. The van der Waals surface area contributed by atoms with Crippen molar-refractivity contribution in [3.05, 3.63) is 82.4 Å². The van der Waals surface area contributed by atoms with E-state index >= 15 is 0 Å². The van der Waals surface area contributed by atoms with Crippen LogP contribution in [0.2, 0.25) is 0 Å². The summed E-state index contributed by atoms with van der Waals surface area (Å²) in [4.78, 5) is 20.6. The molecular weight excluding hydrogens is 436 g/mol. The predicted molar refractivity (Wildman–Crippen MR) is 130 cm³/mol. The topological polar surface area (TPSA) is 60.5 Å². The number of nitrogens with one attached hydrogen (secondary N) is 1.